The van der Waals surface area contributed by atoms with Crippen LogP contribution in [0.4, 0.5) is 0 Å². The molecule has 4 heteroatoms. The van der Waals surface area contributed by atoms with E-state index in [4.69, 9.17) is 4.52 Å². The summed E-state index contributed by atoms with van der Waals surface area (Å²) in [7, 11) is 0. The first-order chi connectivity index (χ1) is 8.78. The van der Waals surface area contributed by atoms with Gasteiger partial charge in [0.15, 0.2) is 0 Å². The van der Waals surface area contributed by atoms with Gasteiger partial charge < -0.3 is 9.84 Å². The SMILES string of the molecule is C[C@]1(c2nc(-c3ccccc3)no2)CCCNC1. The molecule has 1 N–H and O–H groups in total. The Morgan fingerprint density at radius 1 is 1.28 bits per heavy atom. The minimum absolute atomic E-state index is 0.0295. The molecule has 0 bridgehead atoms. The summed E-state index contributed by atoms with van der Waals surface area (Å²) in [6, 6.07) is 9.94. The lowest BCUT2D eigenvalue weighted by atomic mass is 9.83. The number of piperidine rings is 1. The molecular weight excluding hydrogens is 226 g/mol. The van der Waals surface area contributed by atoms with Gasteiger partial charge in [-0.2, -0.15) is 4.98 Å². The molecule has 0 spiro atoms. The highest BCUT2D eigenvalue weighted by molar-refractivity contribution is 5.53. The Hall–Kier alpha value is -1.68. The topological polar surface area (TPSA) is 51.0 Å². The van der Waals surface area contributed by atoms with Gasteiger partial charge in [0.05, 0.1) is 5.41 Å². The average molecular weight is 243 g/mol. The van der Waals surface area contributed by atoms with E-state index in [0.29, 0.717) is 5.82 Å². The minimum atomic E-state index is -0.0295. The van der Waals surface area contributed by atoms with Gasteiger partial charge in [-0.3, -0.25) is 0 Å². The average Bonchev–Trinajstić information content (AvgIpc) is 2.91. The van der Waals surface area contributed by atoms with Gasteiger partial charge in [-0.1, -0.05) is 35.5 Å². The summed E-state index contributed by atoms with van der Waals surface area (Å²) in [6.45, 7) is 4.17. The molecular formula is C14H17N3O. The van der Waals surface area contributed by atoms with Crippen LogP contribution in [0, 0.1) is 0 Å². The van der Waals surface area contributed by atoms with Crippen molar-refractivity contribution < 1.29 is 4.52 Å². The zero-order valence-electron chi connectivity index (χ0n) is 10.5. The monoisotopic (exact) mass is 243 g/mol. The fraction of sp³-hybridized carbons (Fsp3) is 0.429. The van der Waals surface area contributed by atoms with Gasteiger partial charge in [-0.25, -0.2) is 0 Å². The van der Waals surface area contributed by atoms with E-state index < -0.39 is 0 Å². The summed E-state index contributed by atoms with van der Waals surface area (Å²) >= 11 is 0. The van der Waals surface area contributed by atoms with Crippen molar-refractivity contribution in [1.29, 1.82) is 0 Å². The quantitative estimate of drug-likeness (QED) is 0.879. The van der Waals surface area contributed by atoms with E-state index in [1.165, 1.54) is 0 Å². The van der Waals surface area contributed by atoms with E-state index >= 15 is 0 Å². The molecule has 0 radical (unpaired) electrons. The number of hydrogen-bond donors (Lipinski definition) is 1. The summed E-state index contributed by atoms with van der Waals surface area (Å²) in [5.41, 5.74) is 0.970. The molecule has 4 nitrogen and oxygen atoms in total. The van der Waals surface area contributed by atoms with Crippen molar-refractivity contribution in [2.45, 2.75) is 25.2 Å². The Balaban J connectivity index is 1.89. The predicted molar refractivity (Wildman–Crippen MR) is 69.2 cm³/mol. The Morgan fingerprint density at radius 3 is 2.83 bits per heavy atom. The Labute approximate surface area is 106 Å². The summed E-state index contributed by atoms with van der Waals surface area (Å²) in [6.07, 6.45) is 2.25. The first-order valence-electron chi connectivity index (χ1n) is 6.38. The van der Waals surface area contributed by atoms with Crippen LogP contribution in [0.5, 0.6) is 0 Å². The smallest absolute Gasteiger partial charge is 0.234 e. The number of nitrogens with zero attached hydrogens (tertiary/aromatic N) is 2. The highest BCUT2D eigenvalue weighted by Gasteiger charge is 2.34. The summed E-state index contributed by atoms with van der Waals surface area (Å²) < 4.78 is 5.46. The molecule has 2 heterocycles. The van der Waals surface area contributed by atoms with E-state index in [0.717, 1.165) is 37.4 Å². The Kier molecular flexibility index (Phi) is 2.88. The first kappa shape index (κ1) is 11.4. The predicted octanol–water partition coefficient (Wildman–Crippen LogP) is 2.38. The van der Waals surface area contributed by atoms with Crippen molar-refractivity contribution in [3.63, 3.8) is 0 Å². The van der Waals surface area contributed by atoms with Gasteiger partial charge in [-0.15, -0.1) is 0 Å². The zero-order chi connectivity index (χ0) is 12.4. The summed E-state index contributed by atoms with van der Waals surface area (Å²) in [5, 5.41) is 7.49. The van der Waals surface area contributed by atoms with E-state index in [1.807, 2.05) is 30.3 Å². The molecule has 1 aliphatic heterocycles. The lowest BCUT2D eigenvalue weighted by Gasteiger charge is -2.30. The molecule has 1 fully saturated rings. The number of benzene rings is 1. The molecule has 0 aliphatic carbocycles. The molecule has 18 heavy (non-hydrogen) atoms. The fourth-order valence-corrected chi connectivity index (χ4v) is 2.41. The molecule has 1 aromatic heterocycles. The maximum Gasteiger partial charge on any atom is 0.234 e. The van der Waals surface area contributed by atoms with Crippen LogP contribution in [0.25, 0.3) is 11.4 Å². The van der Waals surface area contributed by atoms with Gasteiger partial charge in [-0.05, 0) is 26.3 Å². The number of hydrogen-bond acceptors (Lipinski definition) is 4. The van der Waals surface area contributed by atoms with Crippen LogP contribution in [-0.2, 0) is 5.41 Å². The first-order valence-corrected chi connectivity index (χ1v) is 6.38. The lowest BCUT2D eigenvalue weighted by Crippen LogP contribution is -2.41. The van der Waals surface area contributed by atoms with Gasteiger partial charge in [0.1, 0.15) is 0 Å². The van der Waals surface area contributed by atoms with Crippen LogP contribution in [0.2, 0.25) is 0 Å². The van der Waals surface area contributed by atoms with E-state index in [-0.39, 0.29) is 5.41 Å². The van der Waals surface area contributed by atoms with Crippen molar-refractivity contribution in [3.8, 4) is 11.4 Å². The summed E-state index contributed by atoms with van der Waals surface area (Å²) in [5.74, 6) is 1.42. The van der Waals surface area contributed by atoms with Crippen LogP contribution >= 0.6 is 0 Å². The van der Waals surface area contributed by atoms with E-state index in [1.54, 1.807) is 0 Å². The van der Waals surface area contributed by atoms with Crippen molar-refractivity contribution in [2.24, 2.45) is 0 Å². The Morgan fingerprint density at radius 2 is 2.11 bits per heavy atom. The third-order valence-electron chi connectivity index (χ3n) is 3.57. The largest absolute Gasteiger partial charge is 0.338 e. The van der Waals surface area contributed by atoms with Crippen molar-refractivity contribution in [1.82, 2.24) is 15.5 Å². The Bertz CT molecular complexity index is 515. The van der Waals surface area contributed by atoms with Gasteiger partial charge >= 0.3 is 0 Å². The van der Waals surface area contributed by atoms with Crippen molar-refractivity contribution in [3.05, 3.63) is 36.2 Å². The van der Waals surface area contributed by atoms with Crippen LogP contribution in [0.15, 0.2) is 34.9 Å². The molecule has 1 aliphatic rings. The van der Waals surface area contributed by atoms with Crippen LogP contribution < -0.4 is 5.32 Å². The van der Waals surface area contributed by atoms with Gasteiger partial charge in [0, 0.05) is 12.1 Å². The number of nitrogens with one attached hydrogen (secondary N) is 1. The summed E-state index contributed by atoms with van der Waals surface area (Å²) in [4.78, 5) is 4.56. The van der Waals surface area contributed by atoms with Gasteiger partial charge in [0.2, 0.25) is 11.7 Å². The molecule has 0 amide bonds. The molecule has 1 saturated heterocycles. The molecule has 3 rings (SSSR count). The molecule has 2 aromatic rings. The van der Waals surface area contributed by atoms with Crippen molar-refractivity contribution in [2.75, 3.05) is 13.1 Å². The van der Waals surface area contributed by atoms with E-state index in [9.17, 15) is 0 Å². The molecule has 0 saturated carbocycles. The lowest BCUT2D eigenvalue weighted by molar-refractivity contribution is 0.245. The van der Waals surface area contributed by atoms with Crippen molar-refractivity contribution >= 4 is 0 Å². The van der Waals surface area contributed by atoms with Crippen LogP contribution in [0.3, 0.4) is 0 Å². The molecule has 1 atom stereocenters. The molecule has 0 unspecified atom stereocenters. The third kappa shape index (κ3) is 2.04. The van der Waals surface area contributed by atoms with Crippen LogP contribution in [-0.4, -0.2) is 23.2 Å². The highest BCUT2D eigenvalue weighted by atomic mass is 16.5. The van der Waals surface area contributed by atoms with Gasteiger partial charge in [0.25, 0.3) is 0 Å². The van der Waals surface area contributed by atoms with E-state index in [2.05, 4.69) is 22.4 Å². The minimum Gasteiger partial charge on any atom is -0.338 e. The number of aromatic nitrogens is 2. The maximum absolute atomic E-state index is 5.46. The second-order valence-electron chi connectivity index (χ2n) is 5.13. The third-order valence-corrected chi connectivity index (χ3v) is 3.57. The second-order valence-corrected chi connectivity index (χ2v) is 5.13. The molecule has 94 valence electrons. The standard InChI is InChI=1S/C14H17N3O/c1-14(8-5-9-15-10-14)13-16-12(17-18-13)11-6-3-2-4-7-11/h2-4,6-7,15H,5,8-10H2,1H3/t14-/m0/s1. The fourth-order valence-electron chi connectivity index (χ4n) is 2.41. The highest BCUT2D eigenvalue weighted by Crippen LogP contribution is 2.30. The maximum atomic E-state index is 5.46. The number of rotatable bonds is 2. The normalized spacial score (nSPS) is 24.1. The molecule has 1 aromatic carbocycles. The van der Waals surface area contributed by atoms with Crippen LogP contribution in [0.1, 0.15) is 25.7 Å². The second kappa shape index (κ2) is 4.53. The zero-order valence-corrected chi connectivity index (χ0v) is 10.5.